The van der Waals surface area contributed by atoms with Crippen LogP contribution in [-0.2, 0) is 8.86 Å². The zero-order valence-corrected chi connectivity index (χ0v) is 14.8. The van der Waals surface area contributed by atoms with Crippen LogP contribution in [0, 0.1) is 5.82 Å². The predicted molar refractivity (Wildman–Crippen MR) is 91.5 cm³/mol. The molecule has 0 saturated heterocycles. The molecule has 1 N–H and O–H groups in total. The Balaban J connectivity index is 2.27. The number of ether oxygens (including phenoxy) is 1. The molecule has 2 rings (SSSR count). The summed E-state index contributed by atoms with van der Waals surface area (Å²) in [7, 11) is 1.43. The third kappa shape index (κ3) is 3.87. The fourth-order valence-electron chi connectivity index (χ4n) is 1.52. The van der Waals surface area contributed by atoms with E-state index in [4.69, 9.17) is 4.74 Å². The first-order valence-electron chi connectivity index (χ1n) is 5.62. The van der Waals surface area contributed by atoms with E-state index in [0.717, 1.165) is 0 Å². The van der Waals surface area contributed by atoms with E-state index in [1.165, 1.54) is 13.2 Å². The summed E-state index contributed by atoms with van der Waals surface area (Å²) in [6.45, 7) is 0. The highest BCUT2D eigenvalue weighted by Crippen LogP contribution is 2.22. The Bertz CT molecular complexity index is 590. The van der Waals surface area contributed by atoms with Crippen molar-refractivity contribution in [1.82, 2.24) is 15.0 Å². The Labute approximate surface area is 143 Å². The van der Waals surface area contributed by atoms with Gasteiger partial charge in [0.2, 0.25) is 5.95 Å². The lowest BCUT2D eigenvalue weighted by atomic mass is 10.3. The normalized spacial score (nSPS) is 10.4. The fourth-order valence-corrected chi connectivity index (χ4v) is 2.20. The van der Waals surface area contributed by atoms with Crippen LogP contribution in [-0.4, -0.2) is 22.1 Å². The van der Waals surface area contributed by atoms with Crippen molar-refractivity contribution in [1.29, 1.82) is 0 Å². The first-order chi connectivity index (χ1) is 9.66. The summed E-state index contributed by atoms with van der Waals surface area (Å²) in [5.41, 5.74) is 0.563. The van der Waals surface area contributed by atoms with E-state index in [2.05, 4.69) is 65.5 Å². The van der Waals surface area contributed by atoms with E-state index in [1.54, 1.807) is 12.1 Å². The Hall–Kier alpha value is -0.780. The van der Waals surface area contributed by atoms with Crippen LogP contribution in [0.1, 0.15) is 11.6 Å². The van der Waals surface area contributed by atoms with Gasteiger partial charge < -0.3 is 10.1 Å². The number of aromatic nitrogens is 3. The van der Waals surface area contributed by atoms with Gasteiger partial charge in [-0.1, -0.05) is 45.2 Å². The minimum atomic E-state index is -0.435. The van der Waals surface area contributed by atoms with Gasteiger partial charge >= 0.3 is 0 Å². The van der Waals surface area contributed by atoms with E-state index in [9.17, 15) is 4.39 Å². The van der Waals surface area contributed by atoms with Crippen molar-refractivity contribution in [2.75, 3.05) is 12.4 Å². The second-order valence-electron chi connectivity index (χ2n) is 3.73. The highest BCUT2D eigenvalue weighted by molar-refractivity contribution is 14.1. The fraction of sp³-hybridized carbons (Fsp3) is 0.250. The van der Waals surface area contributed by atoms with Gasteiger partial charge in [0, 0.05) is 11.8 Å². The van der Waals surface area contributed by atoms with Crippen LogP contribution in [0.3, 0.4) is 0 Å². The van der Waals surface area contributed by atoms with Crippen molar-refractivity contribution in [2.45, 2.75) is 8.86 Å². The lowest BCUT2D eigenvalue weighted by Gasteiger charge is -2.08. The van der Waals surface area contributed by atoms with Crippen molar-refractivity contribution in [3.63, 3.8) is 0 Å². The summed E-state index contributed by atoms with van der Waals surface area (Å²) >= 11 is 4.38. The number of nitrogens with one attached hydrogen (secondary N) is 1. The van der Waals surface area contributed by atoms with Crippen LogP contribution in [0.4, 0.5) is 16.0 Å². The number of alkyl halides is 2. The molecule has 1 aromatic heterocycles. The maximum Gasteiger partial charge on any atom is 0.230 e. The second-order valence-corrected chi connectivity index (χ2v) is 5.26. The molecule has 0 fully saturated rings. The van der Waals surface area contributed by atoms with Gasteiger partial charge in [0.25, 0.3) is 0 Å². The first kappa shape index (κ1) is 15.6. The number of rotatable bonds is 5. The lowest BCUT2D eigenvalue weighted by molar-refractivity contribution is 0.386. The van der Waals surface area contributed by atoms with Crippen LogP contribution in [0.25, 0.3) is 0 Å². The van der Waals surface area contributed by atoms with E-state index in [-0.39, 0.29) is 5.75 Å². The van der Waals surface area contributed by atoms with Gasteiger partial charge in [-0.2, -0.15) is 9.97 Å². The van der Waals surface area contributed by atoms with Crippen LogP contribution in [0.5, 0.6) is 5.75 Å². The number of benzene rings is 1. The average molecular weight is 500 g/mol. The van der Waals surface area contributed by atoms with E-state index in [1.807, 2.05) is 0 Å². The smallest absolute Gasteiger partial charge is 0.230 e. The van der Waals surface area contributed by atoms with Gasteiger partial charge in [-0.3, -0.25) is 0 Å². The molecule has 0 radical (unpaired) electrons. The lowest BCUT2D eigenvalue weighted by Crippen LogP contribution is -2.05. The zero-order valence-electron chi connectivity index (χ0n) is 10.5. The number of hydrogen-bond acceptors (Lipinski definition) is 5. The SMILES string of the molecule is COc1ccc(Nc2nc(CI)nc(CI)n2)cc1F. The summed E-state index contributed by atoms with van der Waals surface area (Å²) in [5.74, 6) is 1.58. The Morgan fingerprint density at radius 1 is 1.15 bits per heavy atom. The molecule has 0 amide bonds. The summed E-state index contributed by atoms with van der Waals surface area (Å²) in [4.78, 5) is 12.8. The van der Waals surface area contributed by atoms with Gasteiger partial charge in [-0.05, 0) is 12.1 Å². The van der Waals surface area contributed by atoms with E-state index in [0.29, 0.717) is 32.1 Å². The van der Waals surface area contributed by atoms with Gasteiger partial charge in [0.15, 0.2) is 11.6 Å². The Kier molecular flexibility index (Phi) is 5.69. The second kappa shape index (κ2) is 7.29. The van der Waals surface area contributed by atoms with Crippen molar-refractivity contribution < 1.29 is 9.13 Å². The molecular formula is C12H11FI2N4O. The molecule has 0 atom stereocenters. The molecule has 20 heavy (non-hydrogen) atoms. The molecule has 0 spiro atoms. The highest BCUT2D eigenvalue weighted by Gasteiger charge is 2.07. The first-order valence-corrected chi connectivity index (χ1v) is 8.67. The minimum Gasteiger partial charge on any atom is -0.494 e. The topological polar surface area (TPSA) is 59.9 Å². The number of hydrogen-bond donors (Lipinski definition) is 1. The third-order valence-corrected chi connectivity index (χ3v) is 3.74. The maximum atomic E-state index is 13.6. The quantitative estimate of drug-likeness (QED) is 0.503. The molecule has 0 unspecified atom stereocenters. The molecule has 5 nitrogen and oxygen atoms in total. The minimum absolute atomic E-state index is 0.201. The van der Waals surface area contributed by atoms with Gasteiger partial charge in [0.05, 0.1) is 16.0 Å². The molecule has 2 aromatic rings. The largest absolute Gasteiger partial charge is 0.494 e. The third-order valence-electron chi connectivity index (χ3n) is 2.38. The molecule has 0 bridgehead atoms. The van der Waals surface area contributed by atoms with E-state index >= 15 is 0 Å². The summed E-state index contributed by atoms with van der Waals surface area (Å²) in [6.07, 6.45) is 0. The molecule has 0 saturated carbocycles. The van der Waals surface area contributed by atoms with Gasteiger partial charge in [-0.15, -0.1) is 0 Å². The van der Waals surface area contributed by atoms with Crippen LogP contribution in [0.2, 0.25) is 0 Å². The average Bonchev–Trinajstić information content (AvgIpc) is 2.47. The zero-order chi connectivity index (χ0) is 14.5. The monoisotopic (exact) mass is 500 g/mol. The maximum absolute atomic E-state index is 13.6. The van der Waals surface area contributed by atoms with Crippen molar-refractivity contribution >= 4 is 56.8 Å². The van der Waals surface area contributed by atoms with Crippen molar-refractivity contribution in [3.05, 3.63) is 35.7 Å². The number of anilines is 2. The van der Waals surface area contributed by atoms with Crippen molar-refractivity contribution in [3.8, 4) is 5.75 Å². The van der Waals surface area contributed by atoms with Crippen molar-refractivity contribution in [2.24, 2.45) is 0 Å². The molecule has 8 heteroatoms. The number of methoxy groups -OCH3 is 1. The van der Waals surface area contributed by atoms with Gasteiger partial charge in [-0.25, -0.2) is 9.37 Å². The molecular weight excluding hydrogens is 489 g/mol. The van der Waals surface area contributed by atoms with Crippen LogP contribution in [0.15, 0.2) is 18.2 Å². The van der Waals surface area contributed by atoms with Crippen LogP contribution >= 0.6 is 45.2 Å². The molecule has 0 aliphatic rings. The Morgan fingerprint density at radius 3 is 2.30 bits per heavy atom. The van der Waals surface area contributed by atoms with Gasteiger partial charge in [0.1, 0.15) is 11.6 Å². The molecule has 1 heterocycles. The molecule has 0 aliphatic carbocycles. The number of nitrogens with zero attached hydrogens (tertiary/aromatic N) is 3. The summed E-state index contributed by atoms with van der Waals surface area (Å²) < 4.78 is 19.9. The predicted octanol–water partition coefficient (Wildman–Crippen LogP) is 3.63. The van der Waals surface area contributed by atoms with Crippen LogP contribution < -0.4 is 10.1 Å². The highest BCUT2D eigenvalue weighted by atomic mass is 127. The molecule has 1 aromatic carbocycles. The summed E-state index contributed by atoms with van der Waals surface area (Å²) in [6, 6.07) is 4.60. The standard InChI is InChI=1S/C12H11FI2N4O/c1-20-9-3-2-7(4-8(9)13)16-12-18-10(5-14)17-11(6-15)19-12/h2-4H,5-6H2,1H3,(H,16,17,18,19). The number of halogens is 3. The Morgan fingerprint density at radius 2 is 1.80 bits per heavy atom. The summed E-state index contributed by atoms with van der Waals surface area (Å²) in [5, 5.41) is 2.98. The molecule has 0 aliphatic heterocycles. The molecule has 106 valence electrons. The van der Waals surface area contributed by atoms with E-state index < -0.39 is 5.82 Å².